The summed E-state index contributed by atoms with van der Waals surface area (Å²) in [6.45, 7) is 5.51. The number of anilines is 2. The van der Waals surface area contributed by atoms with Crippen LogP contribution in [0.3, 0.4) is 0 Å². The van der Waals surface area contributed by atoms with Crippen LogP contribution in [0.4, 0.5) is 17.8 Å². The van der Waals surface area contributed by atoms with E-state index in [0.717, 1.165) is 32.5 Å². The lowest BCUT2D eigenvalue weighted by Gasteiger charge is -2.29. The largest absolute Gasteiger partial charge is 0.378 e. The van der Waals surface area contributed by atoms with Crippen molar-refractivity contribution in [3.05, 3.63) is 0 Å². The fraction of sp³-hybridized carbons (Fsp3) is 0.667. The van der Waals surface area contributed by atoms with Crippen LogP contribution in [-0.4, -0.2) is 79.1 Å². The van der Waals surface area contributed by atoms with Crippen molar-refractivity contribution in [2.75, 3.05) is 62.4 Å². The Morgan fingerprint density at radius 2 is 1.41 bits per heavy atom. The lowest BCUT2D eigenvalue weighted by Crippen LogP contribution is -2.39. The van der Waals surface area contributed by atoms with Crippen molar-refractivity contribution < 1.29 is 14.7 Å². The van der Waals surface area contributed by atoms with Gasteiger partial charge in [0.2, 0.25) is 11.9 Å². The van der Waals surface area contributed by atoms with E-state index in [1.807, 2.05) is 15.3 Å². The van der Waals surface area contributed by atoms with Crippen molar-refractivity contribution in [1.29, 1.82) is 0 Å². The van der Waals surface area contributed by atoms with Crippen LogP contribution in [0.15, 0.2) is 4.99 Å². The van der Waals surface area contributed by atoms with Gasteiger partial charge in [0.25, 0.3) is 5.95 Å². The van der Waals surface area contributed by atoms with Crippen LogP contribution in [0.1, 0.15) is 0 Å². The smallest absolute Gasteiger partial charge is 0.257 e. The number of morpholine rings is 2. The van der Waals surface area contributed by atoms with Crippen molar-refractivity contribution in [3.8, 4) is 0 Å². The van der Waals surface area contributed by atoms with Gasteiger partial charge in [-0.25, -0.2) is 0 Å². The molecule has 10 nitrogen and oxygen atoms in total. The number of nitrogens with one attached hydrogen (secondary N) is 1. The Bertz CT molecular complexity index is 479. The summed E-state index contributed by atoms with van der Waals surface area (Å²) in [6.07, 6.45) is 1.13. The van der Waals surface area contributed by atoms with E-state index in [-0.39, 0.29) is 5.95 Å². The molecule has 2 fully saturated rings. The molecule has 0 atom stereocenters. The molecule has 2 N–H and O–H groups in total. The normalized spacial score (nSPS) is 19.7. The maximum absolute atomic E-state index is 8.64. The van der Waals surface area contributed by atoms with Crippen LogP contribution >= 0.6 is 0 Å². The number of nitrogens with zero attached hydrogens (tertiary/aromatic N) is 6. The highest BCUT2D eigenvalue weighted by Gasteiger charge is 2.20. The highest BCUT2D eigenvalue weighted by Crippen LogP contribution is 2.19. The predicted molar refractivity (Wildman–Crippen MR) is 79.0 cm³/mol. The lowest BCUT2D eigenvalue weighted by atomic mass is 10.4. The Hall–Kier alpha value is -2.04. The van der Waals surface area contributed by atoms with Crippen LogP contribution in [0.2, 0.25) is 0 Å². The monoisotopic (exact) mass is 310 g/mol. The summed E-state index contributed by atoms with van der Waals surface area (Å²) in [6, 6.07) is 0. The highest BCUT2D eigenvalue weighted by atomic mass is 16.7. The number of ether oxygens (including phenoxy) is 2. The molecule has 3 rings (SSSR count). The first-order chi connectivity index (χ1) is 10.9. The molecule has 0 bridgehead atoms. The summed E-state index contributed by atoms with van der Waals surface area (Å²) in [5.74, 6) is 1.40. The molecule has 0 amide bonds. The van der Waals surface area contributed by atoms with Crippen molar-refractivity contribution in [2.45, 2.75) is 0 Å². The fourth-order valence-corrected chi connectivity index (χ4v) is 2.30. The second kappa shape index (κ2) is 7.29. The minimum atomic E-state index is 0.250. The van der Waals surface area contributed by atoms with E-state index in [2.05, 4.69) is 19.9 Å². The zero-order valence-corrected chi connectivity index (χ0v) is 12.2. The third-order valence-electron chi connectivity index (χ3n) is 3.43. The van der Waals surface area contributed by atoms with Gasteiger partial charge < -0.3 is 19.3 Å². The topological polar surface area (TPSA) is 108 Å². The summed E-state index contributed by atoms with van der Waals surface area (Å²) in [5, 5.41) is 8.64. The van der Waals surface area contributed by atoms with Crippen LogP contribution in [0, 0.1) is 0 Å². The minimum Gasteiger partial charge on any atom is -0.378 e. The van der Waals surface area contributed by atoms with Gasteiger partial charge in [-0.15, -0.1) is 0 Å². The van der Waals surface area contributed by atoms with Crippen LogP contribution in [0.5, 0.6) is 0 Å². The van der Waals surface area contributed by atoms with Crippen LogP contribution in [0.25, 0.3) is 0 Å². The van der Waals surface area contributed by atoms with Gasteiger partial charge in [0.1, 0.15) is 6.34 Å². The molecular formula is C12H19N7O3. The molecule has 0 saturated carbocycles. The van der Waals surface area contributed by atoms with Gasteiger partial charge in [-0.2, -0.15) is 19.9 Å². The first-order valence-electron chi connectivity index (χ1n) is 7.20. The summed E-state index contributed by atoms with van der Waals surface area (Å²) in [4.78, 5) is 21.3. The summed E-state index contributed by atoms with van der Waals surface area (Å²) < 4.78 is 10.7. The number of rotatable bonds is 4. The molecule has 22 heavy (non-hydrogen) atoms. The summed E-state index contributed by atoms with van der Waals surface area (Å²) in [5.41, 5.74) is 1.85. The number of hydroxylamine groups is 1. The Balaban J connectivity index is 1.88. The molecule has 120 valence electrons. The average molecular weight is 310 g/mol. The van der Waals surface area contributed by atoms with Crippen LogP contribution < -0.4 is 15.3 Å². The number of hydrogen-bond donors (Lipinski definition) is 2. The first kappa shape index (κ1) is 14.9. The molecule has 2 aliphatic heterocycles. The fourth-order valence-electron chi connectivity index (χ4n) is 2.30. The van der Waals surface area contributed by atoms with Crippen molar-refractivity contribution in [3.63, 3.8) is 0 Å². The molecule has 0 unspecified atom stereocenters. The quantitative estimate of drug-likeness (QED) is 0.319. The Morgan fingerprint density at radius 3 is 1.86 bits per heavy atom. The predicted octanol–water partition coefficient (Wildman–Crippen LogP) is -0.817. The van der Waals surface area contributed by atoms with Crippen molar-refractivity contribution in [2.24, 2.45) is 4.99 Å². The molecule has 2 saturated heterocycles. The molecule has 1 aromatic heterocycles. The average Bonchev–Trinajstić information content (AvgIpc) is 2.61. The molecule has 1 aromatic rings. The van der Waals surface area contributed by atoms with E-state index >= 15 is 0 Å². The second-order valence-corrected chi connectivity index (χ2v) is 4.82. The van der Waals surface area contributed by atoms with Crippen molar-refractivity contribution in [1.82, 2.24) is 20.4 Å². The SMILES string of the molecule is O[15NH]/C=N/c1nc(N2CCOCC2)nc(N2CCOCC2)n1. The summed E-state index contributed by atoms with van der Waals surface area (Å²) in [7, 11) is 0. The van der Waals surface area contributed by atoms with E-state index < -0.39 is 0 Å². The molecule has 0 radical (unpaired) electrons. The third kappa shape index (κ3) is 3.59. The van der Waals surface area contributed by atoms with Gasteiger partial charge in [0.05, 0.1) is 26.4 Å². The van der Waals surface area contributed by atoms with E-state index in [4.69, 9.17) is 14.7 Å². The second-order valence-electron chi connectivity index (χ2n) is 4.82. The highest BCUT2D eigenvalue weighted by molar-refractivity contribution is 5.57. The lowest BCUT2D eigenvalue weighted by molar-refractivity contribution is 0.121. The number of aliphatic imine (C=N–C) groups is 1. The van der Waals surface area contributed by atoms with E-state index in [1.54, 1.807) is 0 Å². The molecular weight excluding hydrogens is 291 g/mol. The molecule has 0 aliphatic carbocycles. The molecule has 3 heterocycles. The Labute approximate surface area is 127 Å². The molecule has 10 heteroatoms. The molecule has 0 aromatic carbocycles. The third-order valence-corrected chi connectivity index (χ3v) is 3.43. The first-order valence-corrected chi connectivity index (χ1v) is 7.20. The van der Waals surface area contributed by atoms with Gasteiger partial charge >= 0.3 is 0 Å². The Kier molecular flexibility index (Phi) is 4.93. The minimum absolute atomic E-state index is 0.250. The van der Waals surface area contributed by atoms with E-state index in [1.165, 1.54) is 0 Å². The summed E-state index contributed by atoms with van der Waals surface area (Å²) >= 11 is 0. The Morgan fingerprint density at radius 1 is 0.909 bits per heavy atom. The van der Waals surface area contributed by atoms with Gasteiger partial charge in [-0.3, -0.25) is 10.7 Å². The van der Waals surface area contributed by atoms with Gasteiger partial charge in [-0.1, -0.05) is 0 Å². The maximum Gasteiger partial charge on any atom is 0.257 e. The van der Waals surface area contributed by atoms with Crippen molar-refractivity contribution >= 4 is 24.2 Å². The van der Waals surface area contributed by atoms with Crippen LogP contribution in [-0.2, 0) is 9.47 Å². The van der Waals surface area contributed by atoms with E-state index in [9.17, 15) is 0 Å². The van der Waals surface area contributed by atoms with Gasteiger partial charge in [-0.05, 0) is 0 Å². The number of aromatic nitrogens is 3. The zero-order chi connectivity index (χ0) is 15.2. The zero-order valence-electron chi connectivity index (χ0n) is 12.2. The van der Waals surface area contributed by atoms with Gasteiger partial charge in [0, 0.05) is 26.2 Å². The molecule has 0 spiro atoms. The standard InChI is InChI=1S/C12H19N7O3/c20-14-9-13-10-15-11(18-1-5-21-6-2-18)17-12(16-10)19-3-7-22-8-4-19/h9,20H,1-8H2,(H,13,14,15,16,17)/i14+1. The number of hydrogen-bond acceptors (Lipinski definition) is 9. The van der Waals surface area contributed by atoms with Gasteiger partial charge in [0.15, 0.2) is 0 Å². The maximum atomic E-state index is 8.64. The molecule has 2 aliphatic rings. The van der Waals surface area contributed by atoms with E-state index in [0.29, 0.717) is 38.3 Å².